The summed E-state index contributed by atoms with van der Waals surface area (Å²) in [5.41, 5.74) is 5.96. The molecule has 4 aromatic rings. The molecule has 37 heavy (non-hydrogen) atoms. The maximum absolute atomic E-state index is 13.9. The van der Waals surface area contributed by atoms with Crippen LogP contribution in [0.4, 0.5) is 0 Å². The smallest absolute Gasteiger partial charge is 0.246 e. The summed E-state index contributed by atoms with van der Waals surface area (Å²) < 4.78 is 11.2. The van der Waals surface area contributed by atoms with Gasteiger partial charge in [0.15, 0.2) is 0 Å². The van der Waals surface area contributed by atoms with E-state index in [0.29, 0.717) is 24.5 Å². The Bertz CT molecular complexity index is 1510. The summed E-state index contributed by atoms with van der Waals surface area (Å²) in [5.74, 6) is 1.16. The molecule has 0 radical (unpaired) electrons. The van der Waals surface area contributed by atoms with Crippen LogP contribution in [0.15, 0.2) is 66.7 Å². The molecule has 0 spiro atoms. The molecule has 2 atom stereocenters. The van der Waals surface area contributed by atoms with Crippen molar-refractivity contribution in [3.63, 3.8) is 0 Å². The molecule has 0 bridgehead atoms. The second-order valence-corrected chi connectivity index (χ2v) is 9.77. The Kier molecular flexibility index (Phi) is 5.63. The van der Waals surface area contributed by atoms with E-state index in [4.69, 9.17) is 9.47 Å². The average molecular weight is 496 g/mol. The van der Waals surface area contributed by atoms with Gasteiger partial charge in [-0.2, -0.15) is 0 Å². The van der Waals surface area contributed by atoms with E-state index in [0.717, 1.165) is 38.9 Å². The van der Waals surface area contributed by atoms with Crippen LogP contribution in [-0.4, -0.2) is 53.4 Å². The molecule has 7 nitrogen and oxygen atoms in total. The molecule has 1 aromatic heterocycles. The van der Waals surface area contributed by atoms with Crippen LogP contribution in [0.1, 0.15) is 34.0 Å². The van der Waals surface area contributed by atoms with Crippen molar-refractivity contribution in [2.24, 2.45) is 0 Å². The van der Waals surface area contributed by atoms with Gasteiger partial charge in [-0.3, -0.25) is 9.59 Å². The van der Waals surface area contributed by atoms with Crippen molar-refractivity contribution in [3.05, 3.63) is 94.7 Å². The number of rotatable bonds is 5. The highest BCUT2D eigenvalue weighted by Gasteiger charge is 2.48. The first-order valence-corrected chi connectivity index (χ1v) is 12.5. The van der Waals surface area contributed by atoms with E-state index in [-0.39, 0.29) is 18.4 Å². The van der Waals surface area contributed by atoms with Gasteiger partial charge in [-0.1, -0.05) is 48.0 Å². The number of nitrogens with zero attached hydrogens (tertiary/aromatic N) is 2. The minimum atomic E-state index is -0.602. The standard InChI is InChI=1S/C30H29N3O4/c1-18-8-10-19(11-9-18)16-32-17-27(34)33-25(30(32)35)15-23-21-6-4-5-7-24(21)31-28(23)29(33)22-13-12-20(36-2)14-26(22)37-3/h4-14,25,29,31H,15-17H2,1-3H3. The Morgan fingerprint density at radius 2 is 1.76 bits per heavy atom. The predicted octanol–water partition coefficient (Wildman–Crippen LogP) is 4.38. The number of hydrogen-bond acceptors (Lipinski definition) is 4. The van der Waals surface area contributed by atoms with E-state index >= 15 is 0 Å². The topological polar surface area (TPSA) is 74.9 Å². The lowest BCUT2D eigenvalue weighted by Gasteiger charge is -2.47. The number of hydrogen-bond donors (Lipinski definition) is 1. The lowest BCUT2D eigenvalue weighted by Crippen LogP contribution is -2.62. The number of amides is 2. The number of H-pyrrole nitrogens is 1. The van der Waals surface area contributed by atoms with Crippen molar-refractivity contribution < 1.29 is 19.1 Å². The van der Waals surface area contributed by atoms with Crippen molar-refractivity contribution in [2.75, 3.05) is 20.8 Å². The van der Waals surface area contributed by atoms with E-state index in [1.807, 2.05) is 67.6 Å². The third-order valence-electron chi connectivity index (χ3n) is 7.57. The van der Waals surface area contributed by atoms with Gasteiger partial charge in [0.05, 0.1) is 14.2 Å². The molecular formula is C30H29N3O4. The fourth-order valence-corrected chi connectivity index (χ4v) is 5.74. The second-order valence-electron chi connectivity index (χ2n) is 9.77. The first-order valence-electron chi connectivity index (χ1n) is 12.5. The molecule has 1 N–H and O–H groups in total. The summed E-state index contributed by atoms with van der Waals surface area (Å²) in [6.45, 7) is 2.48. The zero-order chi connectivity index (χ0) is 25.7. The zero-order valence-electron chi connectivity index (χ0n) is 21.2. The number of nitrogens with one attached hydrogen (secondary N) is 1. The van der Waals surface area contributed by atoms with Crippen molar-refractivity contribution in [1.29, 1.82) is 0 Å². The first kappa shape index (κ1) is 23.2. The number of aromatic nitrogens is 1. The van der Waals surface area contributed by atoms with Crippen LogP contribution in [0, 0.1) is 6.92 Å². The Labute approximate surface area is 215 Å². The first-order chi connectivity index (χ1) is 18.0. The molecule has 2 aliphatic heterocycles. The molecule has 1 fully saturated rings. The van der Waals surface area contributed by atoms with Crippen LogP contribution >= 0.6 is 0 Å². The summed E-state index contributed by atoms with van der Waals surface area (Å²) >= 11 is 0. The number of para-hydroxylation sites is 1. The molecule has 188 valence electrons. The quantitative estimate of drug-likeness (QED) is 0.446. The number of carbonyl (C=O) groups excluding carboxylic acids is 2. The Morgan fingerprint density at radius 3 is 2.51 bits per heavy atom. The summed E-state index contributed by atoms with van der Waals surface area (Å²) in [7, 11) is 3.22. The van der Waals surface area contributed by atoms with Gasteiger partial charge in [-0.15, -0.1) is 0 Å². The van der Waals surface area contributed by atoms with Gasteiger partial charge in [-0.05, 0) is 36.2 Å². The molecule has 0 aliphatic carbocycles. The fraction of sp³-hybridized carbons (Fsp3) is 0.267. The van der Waals surface area contributed by atoms with Crippen molar-refractivity contribution in [2.45, 2.75) is 32.0 Å². The van der Waals surface area contributed by atoms with Gasteiger partial charge in [0.25, 0.3) is 0 Å². The van der Waals surface area contributed by atoms with Crippen LogP contribution in [0.25, 0.3) is 10.9 Å². The molecule has 2 unspecified atom stereocenters. The molecule has 0 saturated carbocycles. The van der Waals surface area contributed by atoms with E-state index < -0.39 is 12.1 Å². The number of ether oxygens (including phenoxy) is 2. The minimum absolute atomic E-state index is 0.0337. The molecule has 7 heteroatoms. The molecule has 2 amide bonds. The second kappa shape index (κ2) is 9.00. The highest BCUT2D eigenvalue weighted by Crippen LogP contribution is 2.45. The third kappa shape index (κ3) is 3.82. The number of benzene rings is 3. The predicted molar refractivity (Wildman–Crippen MR) is 141 cm³/mol. The van der Waals surface area contributed by atoms with E-state index in [1.165, 1.54) is 0 Å². The molecule has 2 aliphatic rings. The highest BCUT2D eigenvalue weighted by atomic mass is 16.5. The van der Waals surface area contributed by atoms with Gasteiger partial charge in [0.2, 0.25) is 11.8 Å². The van der Waals surface area contributed by atoms with Crippen molar-refractivity contribution >= 4 is 22.7 Å². The summed E-state index contributed by atoms with van der Waals surface area (Å²) in [4.78, 5) is 34.8. The molecule has 3 aromatic carbocycles. The highest BCUT2D eigenvalue weighted by molar-refractivity contribution is 5.97. The molecule has 3 heterocycles. The van der Waals surface area contributed by atoms with Gasteiger partial charge >= 0.3 is 0 Å². The van der Waals surface area contributed by atoms with E-state index in [1.54, 1.807) is 24.0 Å². The van der Waals surface area contributed by atoms with Crippen LogP contribution in [0.3, 0.4) is 0 Å². The van der Waals surface area contributed by atoms with Crippen LogP contribution in [0.5, 0.6) is 11.5 Å². The summed E-state index contributed by atoms with van der Waals surface area (Å²) in [6, 6.07) is 20.7. The largest absolute Gasteiger partial charge is 0.497 e. The minimum Gasteiger partial charge on any atom is -0.497 e. The average Bonchev–Trinajstić information content (AvgIpc) is 3.29. The van der Waals surface area contributed by atoms with Crippen LogP contribution < -0.4 is 9.47 Å². The molecular weight excluding hydrogens is 466 g/mol. The van der Waals surface area contributed by atoms with Gasteiger partial charge in [-0.25, -0.2) is 0 Å². The number of carbonyl (C=O) groups is 2. The van der Waals surface area contributed by atoms with Gasteiger partial charge in [0, 0.05) is 41.2 Å². The summed E-state index contributed by atoms with van der Waals surface area (Å²) in [5, 5.41) is 1.07. The van der Waals surface area contributed by atoms with Crippen molar-refractivity contribution in [3.8, 4) is 11.5 Å². The number of methoxy groups -OCH3 is 2. The molecule has 6 rings (SSSR count). The number of piperazine rings is 1. The number of aromatic amines is 1. The Hall–Kier alpha value is -4.26. The Balaban J connectivity index is 1.47. The number of fused-ring (bicyclic) bond motifs is 4. The van der Waals surface area contributed by atoms with E-state index in [9.17, 15) is 9.59 Å². The lowest BCUT2D eigenvalue weighted by atomic mass is 9.85. The maximum atomic E-state index is 13.9. The zero-order valence-corrected chi connectivity index (χ0v) is 21.2. The normalized spacial score (nSPS) is 19.1. The SMILES string of the molecule is COc1ccc(C2c3[nH]c4ccccc4c3CC3C(=O)N(Cc4ccc(C)cc4)CC(=O)N32)c(OC)c1. The van der Waals surface area contributed by atoms with Gasteiger partial charge in [0.1, 0.15) is 30.1 Å². The monoisotopic (exact) mass is 495 g/mol. The number of aryl methyl sites for hydroxylation is 1. The van der Waals surface area contributed by atoms with Gasteiger partial charge < -0.3 is 24.3 Å². The lowest BCUT2D eigenvalue weighted by molar-refractivity contribution is -0.159. The van der Waals surface area contributed by atoms with Crippen LogP contribution in [-0.2, 0) is 22.6 Å². The third-order valence-corrected chi connectivity index (χ3v) is 7.57. The summed E-state index contributed by atoms with van der Waals surface area (Å²) in [6.07, 6.45) is 0.462. The molecule has 1 saturated heterocycles. The maximum Gasteiger partial charge on any atom is 0.246 e. The van der Waals surface area contributed by atoms with Crippen LogP contribution in [0.2, 0.25) is 0 Å². The van der Waals surface area contributed by atoms with Crippen molar-refractivity contribution in [1.82, 2.24) is 14.8 Å². The fourth-order valence-electron chi connectivity index (χ4n) is 5.74. The van der Waals surface area contributed by atoms with E-state index in [2.05, 4.69) is 11.1 Å². The Morgan fingerprint density at radius 1 is 0.973 bits per heavy atom.